The molecule has 1 heterocycles. The summed E-state index contributed by atoms with van der Waals surface area (Å²) in [5.74, 6) is -2.41. The van der Waals surface area contributed by atoms with Crippen LogP contribution in [0, 0.1) is 23.2 Å². The van der Waals surface area contributed by atoms with E-state index in [0.29, 0.717) is 19.4 Å². The van der Waals surface area contributed by atoms with Crippen molar-refractivity contribution in [1.82, 2.24) is 20.9 Å². The standard InChI is InChI=1S/C29H49N5O5/c1-17(2)19-12-15-34(21(19)25(37)31-20(16-18-10-11-18)22(35)24(30)36)26(38)23(28(3,4)5)32-27(39)33-29(6)13-8-7-9-14-29/h17-21,23H,7-16H2,1-6H3,(H2,30,36)(H,31,37)(H2,32,33,39)/t19-,20?,21+,23-/m1/s1. The number of urea groups is 1. The molecule has 2 aliphatic carbocycles. The molecule has 1 unspecified atom stereocenters. The first-order chi connectivity index (χ1) is 18.1. The van der Waals surface area contributed by atoms with E-state index in [1.807, 2.05) is 41.5 Å². The highest BCUT2D eigenvalue weighted by Gasteiger charge is 2.48. The summed E-state index contributed by atoms with van der Waals surface area (Å²) in [7, 11) is 0. The van der Waals surface area contributed by atoms with Gasteiger partial charge in [-0.25, -0.2) is 4.79 Å². The highest BCUT2D eigenvalue weighted by Crippen LogP contribution is 2.36. The van der Waals surface area contributed by atoms with Gasteiger partial charge in [0.2, 0.25) is 17.6 Å². The second-order valence-corrected chi connectivity index (χ2v) is 13.7. The van der Waals surface area contributed by atoms with Crippen LogP contribution < -0.4 is 21.7 Å². The highest BCUT2D eigenvalue weighted by atomic mass is 16.2. The monoisotopic (exact) mass is 547 g/mol. The molecule has 2 saturated carbocycles. The smallest absolute Gasteiger partial charge is 0.315 e. The van der Waals surface area contributed by atoms with Gasteiger partial charge in [-0.3, -0.25) is 19.2 Å². The van der Waals surface area contributed by atoms with Gasteiger partial charge in [0.1, 0.15) is 12.1 Å². The van der Waals surface area contributed by atoms with Crippen LogP contribution in [0.25, 0.3) is 0 Å². The van der Waals surface area contributed by atoms with E-state index in [1.54, 1.807) is 4.90 Å². The molecule has 0 radical (unpaired) electrons. The second kappa shape index (κ2) is 12.3. The molecule has 3 aliphatic rings. The average Bonchev–Trinajstić information content (AvgIpc) is 3.53. The lowest BCUT2D eigenvalue weighted by Gasteiger charge is -2.39. The number of nitrogens with zero attached hydrogens (tertiary/aromatic N) is 1. The molecule has 39 heavy (non-hydrogen) atoms. The Bertz CT molecular complexity index is 948. The number of rotatable bonds is 10. The molecule has 0 spiro atoms. The average molecular weight is 548 g/mol. The van der Waals surface area contributed by atoms with Gasteiger partial charge < -0.3 is 26.6 Å². The van der Waals surface area contributed by atoms with Crippen LogP contribution in [0.1, 0.15) is 99.3 Å². The zero-order valence-electron chi connectivity index (χ0n) is 24.6. The zero-order valence-corrected chi connectivity index (χ0v) is 24.6. The third kappa shape index (κ3) is 7.94. The van der Waals surface area contributed by atoms with Crippen molar-refractivity contribution in [2.24, 2.45) is 28.9 Å². The van der Waals surface area contributed by atoms with Crippen molar-refractivity contribution in [1.29, 1.82) is 0 Å². The molecule has 3 fully saturated rings. The van der Waals surface area contributed by atoms with E-state index >= 15 is 0 Å². The van der Waals surface area contributed by atoms with Crippen LogP contribution >= 0.6 is 0 Å². The normalized spacial score (nSPS) is 24.5. The fourth-order valence-corrected chi connectivity index (χ4v) is 6.16. The number of likely N-dealkylation sites (tertiary alicyclic amines) is 1. The van der Waals surface area contributed by atoms with E-state index in [9.17, 15) is 24.0 Å². The van der Waals surface area contributed by atoms with Gasteiger partial charge in [-0.05, 0) is 55.8 Å². The van der Waals surface area contributed by atoms with Gasteiger partial charge in [-0.1, -0.05) is 66.7 Å². The van der Waals surface area contributed by atoms with Crippen molar-refractivity contribution in [2.45, 2.75) is 123 Å². The van der Waals surface area contributed by atoms with Gasteiger partial charge in [0.15, 0.2) is 0 Å². The third-order valence-corrected chi connectivity index (χ3v) is 8.76. The first kappa shape index (κ1) is 30.9. The van der Waals surface area contributed by atoms with Crippen LogP contribution in [-0.4, -0.2) is 64.6 Å². The summed E-state index contributed by atoms with van der Waals surface area (Å²) in [6, 6.07) is -3.05. The first-order valence-electron chi connectivity index (χ1n) is 14.7. The molecule has 0 aromatic heterocycles. The lowest BCUT2D eigenvalue weighted by atomic mass is 9.83. The number of nitrogens with two attached hydrogens (primary N) is 1. The largest absolute Gasteiger partial charge is 0.363 e. The van der Waals surface area contributed by atoms with Gasteiger partial charge in [0.05, 0.1) is 6.04 Å². The van der Waals surface area contributed by atoms with Crippen molar-refractivity contribution in [3.05, 3.63) is 0 Å². The molecule has 0 aromatic rings. The molecule has 10 nitrogen and oxygen atoms in total. The quantitative estimate of drug-likeness (QED) is 0.310. The Morgan fingerprint density at radius 1 is 0.974 bits per heavy atom. The van der Waals surface area contributed by atoms with Crippen LogP contribution in [-0.2, 0) is 19.2 Å². The first-order valence-corrected chi connectivity index (χ1v) is 14.7. The van der Waals surface area contributed by atoms with Gasteiger partial charge in [0.25, 0.3) is 5.91 Å². The number of amides is 5. The van der Waals surface area contributed by atoms with Gasteiger partial charge >= 0.3 is 6.03 Å². The predicted octanol–water partition coefficient (Wildman–Crippen LogP) is 2.64. The lowest BCUT2D eigenvalue weighted by Crippen LogP contribution is -2.62. The van der Waals surface area contributed by atoms with Crippen molar-refractivity contribution >= 4 is 29.5 Å². The van der Waals surface area contributed by atoms with Crippen LogP contribution in [0.2, 0.25) is 0 Å². The lowest BCUT2D eigenvalue weighted by molar-refractivity contribution is -0.144. The summed E-state index contributed by atoms with van der Waals surface area (Å²) in [5.41, 5.74) is 4.35. The van der Waals surface area contributed by atoms with Crippen molar-refractivity contribution in [3.8, 4) is 0 Å². The fraction of sp³-hybridized carbons (Fsp3) is 0.828. The van der Waals surface area contributed by atoms with E-state index in [1.165, 1.54) is 0 Å². The topological polar surface area (TPSA) is 151 Å². The number of Topliss-reactive ketones (excluding diaryl/α,β-unsaturated/α-hetero) is 1. The summed E-state index contributed by atoms with van der Waals surface area (Å²) in [6.07, 6.45) is 7.94. The van der Waals surface area contributed by atoms with Gasteiger partial charge in [-0.15, -0.1) is 0 Å². The minimum absolute atomic E-state index is 0.0999. The van der Waals surface area contributed by atoms with E-state index in [-0.39, 0.29) is 35.2 Å². The number of hydrogen-bond acceptors (Lipinski definition) is 5. The predicted molar refractivity (Wildman–Crippen MR) is 148 cm³/mol. The van der Waals surface area contributed by atoms with Gasteiger partial charge in [0, 0.05) is 12.1 Å². The van der Waals surface area contributed by atoms with Crippen LogP contribution in [0.5, 0.6) is 0 Å². The minimum atomic E-state index is -1.07. The molecular weight excluding hydrogens is 498 g/mol. The summed E-state index contributed by atoms with van der Waals surface area (Å²) in [5, 5.41) is 8.80. The highest BCUT2D eigenvalue weighted by molar-refractivity contribution is 6.37. The van der Waals surface area contributed by atoms with Gasteiger partial charge in [-0.2, -0.15) is 0 Å². The summed E-state index contributed by atoms with van der Waals surface area (Å²) in [6.45, 7) is 12.1. The second-order valence-electron chi connectivity index (χ2n) is 13.7. The Morgan fingerprint density at radius 2 is 1.59 bits per heavy atom. The molecule has 1 aliphatic heterocycles. The van der Waals surface area contributed by atoms with E-state index in [4.69, 9.17) is 5.73 Å². The molecule has 220 valence electrons. The Hall–Kier alpha value is -2.65. The SMILES string of the molecule is CC(C)[C@H]1CCN(C(=O)[C@@H](NC(=O)NC2(C)CCCCC2)C(C)(C)C)[C@@H]1C(=O)NC(CC1CC1)C(=O)C(N)=O. The zero-order chi connectivity index (χ0) is 29.1. The van der Waals surface area contributed by atoms with Crippen molar-refractivity contribution in [2.75, 3.05) is 6.54 Å². The molecule has 4 atom stereocenters. The molecule has 1 saturated heterocycles. The third-order valence-electron chi connectivity index (χ3n) is 8.76. The fourth-order valence-electron chi connectivity index (χ4n) is 6.16. The number of carbonyl (C=O) groups excluding carboxylic acids is 5. The van der Waals surface area contributed by atoms with E-state index in [2.05, 4.69) is 16.0 Å². The Morgan fingerprint density at radius 3 is 2.10 bits per heavy atom. The molecule has 3 rings (SSSR count). The number of carbonyl (C=O) groups is 5. The molecule has 5 amide bonds. The molecule has 0 aromatic carbocycles. The number of hydrogen-bond donors (Lipinski definition) is 4. The Balaban J connectivity index is 1.80. The maximum absolute atomic E-state index is 14.1. The molecular formula is C29H49N5O5. The molecule has 0 bridgehead atoms. The molecule has 5 N–H and O–H groups in total. The molecule has 10 heteroatoms. The number of primary amides is 1. The number of ketones is 1. The Kier molecular flexibility index (Phi) is 9.70. The van der Waals surface area contributed by atoms with Crippen molar-refractivity contribution in [3.63, 3.8) is 0 Å². The Labute approximate surface area is 232 Å². The van der Waals surface area contributed by atoms with Crippen LogP contribution in [0.15, 0.2) is 0 Å². The van der Waals surface area contributed by atoms with Crippen LogP contribution in [0.3, 0.4) is 0 Å². The summed E-state index contributed by atoms with van der Waals surface area (Å²) >= 11 is 0. The maximum atomic E-state index is 14.1. The maximum Gasteiger partial charge on any atom is 0.315 e. The van der Waals surface area contributed by atoms with Crippen molar-refractivity contribution < 1.29 is 24.0 Å². The summed E-state index contributed by atoms with van der Waals surface area (Å²) < 4.78 is 0. The van der Waals surface area contributed by atoms with Crippen LogP contribution in [0.4, 0.5) is 4.79 Å². The minimum Gasteiger partial charge on any atom is -0.363 e. The number of nitrogens with one attached hydrogen (secondary N) is 3. The van der Waals surface area contributed by atoms with E-state index < -0.39 is 41.1 Å². The van der Waals surface area contributed by atoms with E-state index in [0.717, 1.165) is 44.9 Å². The summed E-state index contributed by atoms with van der Waals surface area (Å²) in [4.78, 5) is 66.6.